The highest BCUT2D eigenvalue weighted by Crippen LogP contribution is 2.38. The predicted molar refractivity (Wildman–Crippen MR) is 89.0 cm³/mol. The Bertz CT molecular complexity index is 506. The van der Waals surface area contributed by atoms with Crippen LogP contribution in [0.2, 0.25) is 0 Å². The molecule has 1 rings (SSSR count). The molecule has 1 unspecified atom stereocenters. The van der Waals surface area contributed by atoms with E-state index in [0.29, 0.717) is 5.16 Å². The molecule has 4 nitrogen and oxygen atoms in total. The van der Waals surface area contributed by atoms with Gasteiger partial charge in [0.1, 0.15) is 5.37 Å². The van der Waals surface area contributed by atoms with Crippen molar-refractivity contribution < 1.29 is 4.79 Å². The van der Waals surface area contributed by atoms with Gasteiger partial charge in [0.2, 0.25) is 9.70 Å². The van der Waals surface area contributed by atoms with Gasteiger partial charge < -0.3 is 5.32 Å². The number of halogens is 3. The fourth-order valence-electron chi connectivity index (χ4n) is 1.37. The third-order valence-corrected chi connectivity index (χ3v) is 4.57. The molecule has 0 aliphatic carbocycles. The van der Waals surface area contributed by atoms with E-state index in [1.807, 2.05) is 19.9 Å². The number of alkyl halides is 3. The molecular weight excluding hydrogens is 353 g/mol. The van der Waals surface area contributed by atoms with Crippen molar-refractivity contribution >= 4 is 52.5 Å². The molecule has 1 heterocycles. The Morgan fingerprint density at radius 1 is 1.19 bits per heavy atom. The summed E-state index contributed by atoms with van der Waals surface area (Å²) < 4.78 is -1.67. The van der Waals surface area contributed by atoms with E-state index in [-0.39, 0.29) is 5.91 Å². The summed E-state index contributed by atoms with van der Waals surface area (Å²) in [5, 5.41) is 2.41. The molecule has 0 aliphatic heterocycles. The van der Waals surface area contributed by atoms with E-state index in [2.05, 4.69) is 15.3 Å². The van der Waals surface area contributed by atoms with Crippen LogP contribution >= 0.6 is 46.6 Å². The minimum Gasteiger partial charge on any atom is -0.339 e. The van der Waals surface area contributed by atoms with Crippen molar-refractivity contribution in [1.82, 2.24) is 15.3 Å². The van der Waals surface area contributed by atoms with Crippen LogP contribution in [0.15, 0.2) is 11.2 Å². The first-order valence-electron chi connectivity index (χ1n) is 6.26. The molecule has 21 heavy (non-hydrogen) atoms. The number of nitrogens with zero attached hydrogens (tertiary/aromatic N) is 2. The van der Waals surface area contributed by atoms with Gasteiger partial charge in [-0.2, -0.15) is 0 Å². The minimum atomic E-state index is -1.67. The highest BCUT2D eigenvalue weighted by molar-refractivity contribution is 8.00. The van der Waals surface area contributed by atoms with Gasteiger partial charge in [-0.05, 0) is 19.9 Å². The van der Waals surface area contributed by atoms with Gasteiger partial charge in [-0.15, -0.1) is 0 Å². The second-order valence-electron chi connectivity index (χ2n) is 5.70. The summed E-state index contributed by atoms with van der Waals surface area (Å²) in [6.07, 6.45) is 0. The number of hydrogen-bond donors (Lipinski definition) is 1. The fraction of sp³-hybridized carbons (Fsp3) is 0.615. The van der Waals surface area contributed by atoms with Gasteiger partial charge in [0.25, 0.3) is 0 Å². The molecule has 1 aromatic heterocycles. The molecule has 0 fully saturated rings. The zero-order valence-corrected chi connectivity index (χ0v) is 15.6. The fourth-order valence-corrected chi connectivity index (χ4v) is 2.83. The highest BCUT2D eigenvalue weighted by atomic mass is 35.6. The van der Waals surface area contributed by atoms with Gasteiger partial charge in [-0.25, -0.2) is 9.97 Å². The average molecular weight is 371 g/mol. The molecule has 1 N–H and O–H groups in total. The third-order valence-electron chi connectivity index (χ3n) is 2.43. The number of hydrogen-bond acceptors (Lipinski definition) is 4. The lowest BCUT2D eigenvalue weighted by Gasteiger charge is -2.28. The molecule has 8 heteroatoms. The first-order chi connectivity index (χ1) is 9.39. The Balaban J connectivity index is 2.97. The summed E-state index contributed by atoms with van der Waals surface area (Å²) in [6.45, 7) is 9.08. The van der Waals surface area contributed by atoms with Crippen LogP contribution in [-0.2, 0) is 4.79 Å². The first kappa shape index (κ1) is 18.8. The first-order valence-corrected chi connectivity index (χ1v) is 8.27. The average Bonchev–Trinajstić information content (AvgIpc) is 2.23. The Labute approximate surface area is 144 Å². The Kier molecular flexibility index (Phi) is 6.18. The molecule has 0 spiro atoms. The van der Waals surface area contributed by atoms with Crippen LogP contribution in [0.1, 0.15) is 32.2 Å². The highest BCUT2D eigenvalue weighted by Gasteiger charge is 2.37. The lowest BCUT2D eigenvalue weighted by Crippen LogP contribution is -2.46. The van der Waals surface area contributed by atoms with Crippen molar-refractivity contribution in [2.75, 3.05) is 0 Å². The van der Waals surface area contributed by atoms with Crippen LogP contribution in [0.4, 0.5) is 0 Å². The van der Waals surface area contributed by atoms with E-state index in [0.717, 1.165) is 23.1 Å². The lowest BCUT2D eigenvalue weighted by atomic mass is 9.96. The molecular formula is C13H18Cl3N3OS. The van der Waals surface area contributed by atoms with E-state index in [9.17, 15) is 4.79 Å². The van der Waals surface area contributed by atoms with E-state index < -0.39 is 14.6 Å². The van der Waals surface area contributed by atoms with Crippen molar-refractivity contribution in [1.29, 1.82) is 0 Å². The number of carbonyl (C=O) groups is 1. The Hall–Kier alpha value is -0.230. The summed E-state index contributed by atoms with van der Waals surface area (Å²) >= 11 is 19.0. The van der Waals surface area contributed by atoms with E-state index in [4.69, 9.17) is 34.8 Å². The molecule has 0 bridgehead atoms. The van der Waals surface area contributed by atoms with E-state index in [1.165, 1.54) is 0 Å². The number of thioether (sulfide) groups is 1. The summed E-state index contributed by atoms with van der Waals surface area (Å²) in [5.41, 5.74) is 1.04. The van der Waals surface area contributed by atoms with Gasteiger partial charge in [0.05, 0.1) is 0 Å². The number of rotatable bonds is 3. The van der Waals surface area contributed by atoms with Gasteiger partial charge in [0.15, 0.2) is 5.16 Å². The van der Waals surface area contributed by atoms with Crippen molar-refractivity contribution in [3.8, 4) is 0 Å². The number of amides is 1. The van der Waals surface area contributed by atoms with Crippen LogP contribution in [-0.4, -0.2) is 25.0 Å². The molecule has 1 amide bonds. The Morgan fingerprint density at radius 2 is 1.67 bits per heavy atom. The summed E-state index contributed by atoms with van der Waals surface area (Å²) in [7, 11) is 0. The molecule has 0 aliphatic rings. The smallest absolute Gasteiger partial charge is 0.226 e. The van der Waals surface area contributed by atoms with Crippen LogP contribution in [0.3, 0.4) is 0 Å². The van der Waals surface area contributed by atoms with Crippen molar-refractivity contribution in [3.05, 3.63) is 17.5 Å². The van der Waals surface area contributed by atoms with Crippen molar-refractivity contribution in [2.24, 2.45) is 5.41 Å². The number of nitrogens with one attached hydrogen (secondary N) is 1. The zero-order valence-electron chi connectivity index (χ0n) is 12.5. The summed E-state index contributed by atoms with van der Waals surface area (Å²) in [4.78, 5) is 20.7. The van der Waals surface area contributed by atoms with E-state index >= 15 is 0 Å². The van der Waals surface area contributed by atoms with Crippen LogP contribution in [0.25, 0.3) is 0 Å². The monoisotopic (exact) mass is 369 g/mol. The minimum absolute atomic E-state index is 0.212. The maximum atomic E-state index is 12.1. The lowest BCUT2D eigenvalue weighted by molar-refractivity contribution is -0.128. The zero-order chi connectivity index (χ0) is 16.4. The van der Waals surface area contributed by atoms with Crippen LogP contribution in [0.5, 0.6) is 0 Å². The van der Waals surface area contributed by atoms with Gasteiger partial charge in [0, 0.05) is 16.8 Å². The quantitative estimate of drug-likeness (QED) is 0.377. The van der Waals surface area contributed by atoms with Gasteiger partial charge in [-0.3, -0.25) is 4.79 Å². The standard InChI is InChI=1S/C13H18Cl3N3OS/c1-7-6-8(2)18-11(17-7)21-10(13(14,15)16)19-9(20)12(3,4)5/h6,10H,1-5H3,(H,19,20). The number of carbonyl (C=O) groups excluding carboxylic acids is 1. The van der Waals surface area contributed by atoms with Crippen LogP contribution < -0.4 is 5.32 Å². The third kappa shape index (κ3) is 6.19. The van der Waals surface area contributed by atoms with E-state index in [1.54, 1.807) is 20.8 Å². The van der Waals surface area contributed by atoms with Crippen molar-refractivity contribution in [2.45, 2.75) is 48.9 Å². The molecule has 1 aromatic rings. The number of aryl methyl sites for hydroxylation is 2. The SMILES string of the molecule is Cc1cc(C)nc(SC(NC(=O)C(C)(C)C)C(Cl)(Cl)Cl)n1. The normalized spacial score (nSPS) is 13.9. The summed E-state index contributed by atoms with van der Waals surface area (Å²) in [6, 6.07) is 1.85. The topological polar surface area (TPSA) is 54.9 Å². The second-order valence-corrected chi connectivity index (χ2v) is 9.14. The number of aromatic nitrogens is 2. The maximum Gasteiger partial charge on any atom is 0.226 e. The molecule has 118 valence electrons. The molecule has 0 saturated carbocycles. The Morgan fingerprint density at radius 3 is 2.05 bits per heavy atom. The van der Waals surface area contributed by atoms with Crippen molar-refractivity contribution in [3.63, 3.8) is 0 Å². The maximum absolute atomic E-state index is 12.1. The van der Waals surface area contributed by atoms with Crippen LogP contribution in [0, 0.1) is 19.3 Å². The molecule has 0 aromatic carbocycles. The largest absolute Gasteiger partial charge is 0.339 e. The summed E-state index contributed by atoms with van der Waals surface area (Å²) in [5.74, 6) is -0.212. The predicted octanol–water partition coefficient (Wildman–Crippen LogP) is 4.04. The molecule has 1 atom stereocenters. The second kappa shape index (κ2) is 6.90. The molecule has 0 saturated heterocycles. The molecule has 0 radical (unpaired) electrons. The van der Waals surface area contributed by atoms with Gasteiger partial charge >= 0.3 is 0 Å². The van der Waals surface area contributed by atoms with Gasteiger partial charge in [-0.1, -0.05) is 67.3 Å².